The van der Waals surface area contributed by atoms with E-state index in [2.05, 4.69) is 22.0 Å². The van der Waals surface area contributed by atoms with Crippen LogP contribution in [0.15, 0.2) is 53.7 Å². The summed E-state index contributed by atoms with van der Waals surface area (Å²) in [6.45, 7) is 0. The normalized spacial score (nSPS) is 12.9. The molecule has 0 bridgehead atoms. The Balaban J connectivity index is 1.51. The van der Waals surface area contributed by atoms with Crippen LogP contribution in [0.25, 0.3) is 5.69 Å². The van der Waals surface area contributed by atoms with Gasteiger partial charge in [0.05, 0.1) is 25.7 Å². The Bertz CT molecular complexity index is 1010. The van der Waals surface area contributed by atoms with Crippen LogP contribution in [0, 0.1) is 0 Å². The van der Waals surface area contributed by atoms with Crippen LogP contribution in [0.2, 0.25) is 0 Å². The van der Waals surface area contributed by atoms with Crippen molar-refractivity contribution >= 4 is 23.4 Å². The lowest BCUT2D eigenvalue weighted by molar-refractivity contribution is -0.113. The molecule has 1 aliphatic carbocycles. The standard InChI is InChI=1S/C23H25N3O3S/c1-28-18-12-16(13-19(14-18)29-2)24-22(27)15-30-23-25-20-10-6-7-11-21(20)26(23)17-8-4-3-5-9-17/h3-5,8-9,12-14H,6-7,10-11,15H2,1-2H3,(H,24,27). The highest BCUT2D eigenvalue weighted by Crippen LogP contribution is 2.31. The number of methoxy groups -OCH3 is 2. The van der Waals surface area contributed by atoms with E-state index in [0.717, 1.165) is 29.4 Å². The lowest BCUT2D eigenvalue weighted by atomic mass is 10.0. The van der Waals surface area contributed by atoms with Gasteiger partial charge < -0.3 is 14.8 Å². The number of fused-ring (bicyclic) bond motifs is 1. The number of thioether (sulfide) groups is 1. The molecule has 1 heterocycles. The summed E-state index contributed by atoms with van der Waals surface area (Å²) in [6.07, 6.45) is 4.36. The second kappa shape index (κ2) is 9.26. The number of para-hydroxylation sites is 1. The lowest BCUT2D eigenvalue weighted by Gasteiger charge is -2.15. The minimum absolute atomic E-state index is 0.101. The molecule has 1 aromatic heterocycles. The number of benzene rings is 2. The quantitative estimate of drug-likeness (QED) is 0.567. The molecular weight excluding hydrogens is 398 g/mol. The molecule has 0 aliphatic heterocycles. The Kier molecular flexibility index (Phi) is 6.28. The van der Waals surface area contributed by atoms with E-state index < -0.39 is 0 Å². The number of imidazole rings is 1. The zero-order valence-corrected chi connectivity index (χ0v) is 18.0. The van der Waals surface area contributed by atoms with Crippen molar-refractivity contribution in [2.24, 2.45) is 0 Å². The van der Waals surface area contributed by atoms with Gasteiger partial charge in [0.2, 0.25) is 5.91 Å². The highest BCUT2D eigenvalue weighted by atomic mass is 32.2. The van der Waals surface area contributed by atoms with E-state index >= 15 is 0 Å². The summed E-state index contributed by atoms with van der Waals surface area (Å²) in [7, 11) is 3.17. The molecule has 3 aromatic rings. The van der Waals surface area contributed by atoms with Crippen LogP contribution in [0.1, 0.15) is 24.2 Å². The molecule has 7 heteroatoms. The summed E-state index contributed by atoms with van der Waals surface area (Å²) in [5.74, 6) is 1.42. The third-order valence-corrected chi connectivity index (χ3v) is 6.02. The number of ether oxygens (including phenoxy) is 2. The molecule has 0 saturated carbocycles. The summed E-state index contributed by atoms with van der Waals surface area (Å²) < 4.78 is 12.7. The summed E-state index contributed by atoms with van der Waals surface area (Å²) >= 11 is 1.46. The Morgan fingerprint density at radius 1 is 1.07 bits per heavy atom. The van der Waals surface area contributed by atoms with Crippen LogP contribution < -0.4 is 14.8 Å². The molecule has 156 valence electrons. The summed E-state index contributed by atoms with van der Waals surface area (Å²) in [6, 6.07) is 15.6. The van der Waals surface area contributed by atoms with Gasteiger partial charge in [0.25, 0.3) is 0 Å². The Morgan fingerprint density at radius 2 is 1.77 bits per heavy atom. The number of carbonyl (C=O) groups excluding carboxylic acids is 1. The Labute approximate surface area is 180 Å². The number of hydrogen-bond acceptors (Lipinski definition) is 5. The number of nitrogens with zero attached hydrogens (tertiary/aromatic N) is 2. The van der Waals surface area contributed by atoms with E-state index in [1.807, 2.05) is 18.2 Å². The highest BCUT2D eigenvalue weighted by Gasteiger charge is 2.22. The molecule has 2 aromatic carbocycles. The smallest absolute Gasteiger partial charge is 0.234 e. The minimum Gasteiger partial charge on any atom is -0.497 e. The van der Waals surface area contributed by atoms with E-state index in [0.29, 0.717) is 17.2 Å². The SMILES string of the molecule is COc1cc(NC(=O)CSc2nc3c(n2-c2ccccc2)CCCC3)cc(OC)c1. The largest absolute Gasteiger partial charge is 0.497 e. The molecule has 0 radical (unpaired) electrons. The third-order valence-electron chi connectivity index (χ3n) is 5.08. The lowest BCUT2D eigenvalue weighted by Crippen LogP contribution is -2.15. The molecular formula is C23H25N3O3S. The van der Waals surface area contributed by atoms with Gasteiger partial charge in [0.15, 0.2) is 5.16 Å². The van der Waals surface area contributed by atoms with Gasteiger partial charge in [-0.15, -0.1) is 0 Å². The monoisotopic (exact) mass is 423 g/mol. The van der Waals surface area contributed by atoms with E-state index in [9.17, 15) is 4.79 Å². The topological polar surface area (TPSA) is 65.4 Å². The molecule has 0 fully saturated rings. The first-order chi connectivity index (χ1) is 14.7. The van der Waals surface area contributed by atoms with Crippen molar-refractivity contribution in [3.8, 4) is 17.2 Å². The first kappa shape index (κ1) is 20.3. The van der Waals surface area contributed by atoms with Crippen molar-refractivity contribution < 1.29 is 14.3 Å². The Hall–Kier alpha value is -2.93. The van der Waals surface area contributed by atoms with Gasteiger partial charge in [-0.25, -0.2) is 4.98 Å². The maximum atomic E-state index is 12.6. The van der Waals surface area contributed by atoms with Gasteiger partial charge in [-0.3, -0.25) is 9.36 Å². The second-order valence-corrected chi connectivity index (χ2v) is 8.05. The molecule has 0 atom stereocenters. The number of nitrogens with one attached hydrogen (secondary N) is 1. The highest BCUT2D eigenvalue weighted by molar-refractivity contribution is 7.99. The van der Waals surface area contributed by atoms with Crippen LogP contribution >= 0.6 is 11.8 Å². The van der Waals surface area contributed by atoms with Crippen molar-refractivity contribution in [2.75, 3.05) is 25.3 Å². The molecule has 1 N–H and O–H groups in total. The van der Waals surface area contributed by atoms with E-state index in [4.69, 9.17) is 14.5 Å². The van der Waals surface area contributed by atoms with Gasteiger partial charge in [0.1, 0.15) is 11.5 Å². The maximum Gasteiger partial charge on any atom is 0.234 e. The number of carbonyl (C=O) groups is 1. The van der Waals surface area contributed by atoms with Crippen LogP contribution in [0.4, 0.5) is 5.69 Å². The van der Waals surface area contributed by atoms with Crippen molar-refractivity contribution in [3.63, 3.8) is 0 Å². The predicted molar refractivity (Wildman–Crippen MR) is 119 cm³/mol. The molecule has 1 aliphatic rings. The van der Waals surface area contributed by atoms with Gasteiger partial charge in [-0.2, -0.15) is 0 Å². The fourth-order valence-electron chi connectivity index (χ4n) is 3.66. The fraction of sp³-hybridized carbons (Fsp3) is 0.304. The maximum absolute atomic E-state index is 12.6. The van der Waals surface area contributed by atoms with Gasteiger partial charge in [-0.1, -0.05) is 30.0 Å². The Morgan fingerprint density at radius 3 is 2.47 bits per heavy atom. The average Bonchev–Trinajstić information content (AvgIpc) is 3.16. The van der Waals surface area contributed by atoms with Crippen LogP contribution in [-0.4, -0.2) is 35.4 Å². The summed E-state index contributed by atoms with van der Waals surface area (Å²) in [5, 5.41) is 3.79. The van der Waals surface area contributed by atoms with Crippen LogP contribution in [0.3, 0.4) is 0 Å². The molecule has 30 heavy (non-hydrogen) atoms. The fourth-order valence-corrected chi connectivity index (χ4v) is 4.51. The third kappa shape index (κ3) is 4.46. The number of amides is 1. The molecule has 0 unspecified atom stereocenters. The van der Waals surface area contributed by atoms with E-state index in [1.54, 1.807) is 32.4 Å². The zero-order valence-electron chi connectivity index (χ0n) is 17.2. The van der Waals surface area contributed by atoms with Gasteiger partial charge >= 0.3 is 0 Å². The molecule has 0 spiro atoms. The summed E-state index contributed by atoms with van der Waals surface area (Å²) in [4.78, 5) is 17.5. The number of rotatable bonds is 7. The van der Waals surface area contributed by atoms with Crippen LogP contribution in [0.5, 0.6) is 11.5 Å². The molecule has 6 nitrogen and oxygen atoms in total. The predicted octanol–water partition coefficient (Wildman–Crippen LogP) is 4.50. The van der Waals surface area contributed by atoms with E-state index in [-0.39, 0.29) is 11.7 Å². The van der Waals surface area contributed by atoms with Crippen molar-refractivity contribution in [1.29, 1.82) is 0 Å². The van der Waals surface area contributed by atoms with Crippen molar-refractivity contribution in [1.82, 2.24) is 9.55 Å². The first-order valence-electron chi connectivity index (χ1n) is 9.99. The van der Waals surface area contributed by atoms with Crippen LogP contribution in [-0.2, 0) is 17.6 Å². The number of aryl methyl sites for hydroxylation is 1. The summed E-state index contributed by atoms with van der Waals surface area (Å²) in [5.41, 5.74) is 4.16. The minimum atomic E-state index is -0.101. The molecule has 4 rings (SSSR count). The first-order valence-corrected chi connectivity index (χ1v) is 11.0. The van der Waals surface area contributed by atoms with Crippen molar-refractivity contribution in [2.45, 2.75) is 30.8 Å². The molecule has 0 saturated heterocycles. The number of anilines is 1. The second-order valence-electron chi connectivity index (χ2n) is 7.10. The van der Waals surface area contributed by atoms with E-state index in [1.165, 1.54) is 30.3 Å². The van der Waals surface area contributed by atoms with Gasteiger partial charge in [0, 0.05) is 35.3 Å². The van der Waals surface area contributed by atoms with Crippen molar-refractivity contribution in [3.05, 3.63) is 59.9 Å². The number of aromatic nitrogens is 2. The average molecular weight is 424 g/mol. The zero-order chi connectivity index (χ0) is 20.9. The molecule has 1 amide bonds. The van der Waals surface area contributed by atoms with Gasteiger partial charge in [-0.05, 0) is 37.8 Å². The number of hydrogen-bond donors (Lipinski definition) is 1.